The van der Waals surface area contributed by atoms with Crippen LogP contribution in [-0.4, -0.2) is 38.4 Å². The predicted octanol–water partition coefficient (Wildman–Crippen LogP) is 3.17. The SMILES string of the molecule is Cc1cc(COC2=CCNc3cc(CO)ccc32)ccc1NC(=O)c1cn(CCO)c(=O)n(-c2ccc(F)cc2)c1=O. The zero-order chi connectivity index (χ0) is 29.8. The highest BCUT2D eigenvalue weighted by Crippen LogP contribution is 2.30. The van der Waals surface area contributed by atoms with Gasteiger partial charge in [0.05, 0.1) is 25.4 Å². The molecule has 2 heterocycles. The van der Waals surface area contributed by atoms with Crippen molar-refractivity contribution in [3.05, 3.63) is 127 Å². The number of hydrogen-bond acceptors (Lipinski definition) is 7. The number of carbonyl (C=O) groups is 1. The first kappa shape index (κ1) is 28.5. The summed E-state index contributed by atoms with van der Waals surface area (Å²) in [4.78, 5) is 39.4. The smallest absolute Gasteiger partial charge is 0.335 e. The van der Waals surface area contributed by atoms with Crippen molar-refractivity contribution in [3.8, 4) is 5.69 Å². The van der Waals surface area contributed by atoms with Gasteiger partial charge in [0.15, 0.2) is 0 Å². The molecule has 0 spiro atoms. The molecule has 0 atom stereocenters. The Labute approximate surface area is 240 Å². The average molecular weight is 573 g/mol. The molecule has 3 aromatic carbocycles. The van der Waals surface area contributed by atoms with Crippen LogP contribution in [0.5, 0.6) is 0 Å². The normalized spacial score (nSPS) is 12.2. The molecule has 0 saturated heterocycles. The number of aliphatic hydroxyl groups excluding tert-OH is 2. The van der Waals surface area contributed by atoms with Crippen molar-refractivity contribution in [1.82, 2.24) is 9.13 Å². The van der Waals surface area contributed by atoms with E-state index in [1.54, 1.807) is 19.1 Å². The fraction of sp³-hybridized carbons (Fsp3) is 0.194. The summed E-state index contributed by atoms with van der Waals surface area (Å²) < 4.78 is 21.4. The summed E-state index contributed by atoms with van der Waals surface area (Å²) in [6.45, 7) is 2.08. The molecule has 1 aliphatic rings. The molecule has 0 bridgehead atoms. The van der Waals surface area contributed by atoms with Crippen molar-refractivity contribution < 1.29 is 24.1 Å². The number of amides is 1. The second-order valence-corrected chi connectivity index (χ2v) is 9.74. The topological polar surface area (TPSA) is 135 Å². The van der Waals surface area contributed by atoms with E-state index in [4.69, 9.17) is 4.74 Å². The third-order valence-electron chi connectivity index (χ3n) is 6.87. The first-order valence-electron chi connectivity index (χ1n) is 13.2. The summed E-state index contributed by atoms with van der Waals surface area (Å²) in [5.41, 5.74) is 2.75. The molecule has 42 heavy (non-hydrogen) atoms. The van der Waals surface area contributed by atoms with E-state index in [2.05, 4.69) is 10.6 Å². The van der Waals surface area contributed by atoms with Crippen LogP contribution >= 0.6 is 0 Å². The van der Waals surface area contributed by atoms with E-state index in [1.165, 1.54) is 12.1 Å². The summed E-state index contributed by atoms with van der Waals surface area (Å²) in [7, 11) is 0. The molecule has 4 N–H and O–H groups in total. The first-order valence-corrected chi connectivity index (χ1v) is 13.2. The quantitative estimate of drug-likeness (QED) is 0.242. The average Bonchev–Trinajstić information content (AvgIpc) is 2.99. The van der Waals surface area contributed by atoms with E-state index in [0.29, 0.717) is 12.2 Å². The summed E-state index contributed by atoms with van der Waals surface area (Å²) in [6.07, 6.45) is 3.05. The van der Waals surface area contributed by atoms with Gasteiger partial charge in [0.25, 0.3) is 11.5 Å². The number of fused-ring (bicyclic) bond motifs is 1. The number of carbonyl (C=O) groups excluding carboxylic acids is 1. The molecule has 1 aromatic heterocycles. The van der Waals surface area contributed by atoms with E-state index in [0.717, 1.165) is 61.2 Å². The van der Waals surface area contributed by atoms with Gasteiger partial charge in [-0.05, 0) is 72.2 Å². The Hall–Kier alpha value is -5.00. The third kappa shape index (κ3) is 5.87. The minimum absolute atomic E-state index is 0.0476. The molecule has 1 amide bonds. The van der Waals surface area contributed by atoms with Crippen molar-refractivity contribution in [2.75, 3.05) is 23.8 Å². The van der Waals surface area contributed by atoms with Crippen LogP contribution in [0.3, 0.4) is 0 Å². The van der Waals surface area contributed by atoms with E-state index < -0.39 is 29.6 Å². The summed E-state index contributed by atoms with van der Waals surface area (Å²) >= 11 is 0. The lowest BCUT2D eigenvalue weighted by Crippen LogP contribution is -2.42. The van der Waals surface area contributed by atoms with Crippen molar-refractivity contribution >= 4 is 23.0 Å². The number of aliphatic hydroxyl groups is 2. The first-order chi connectivity index (χ1) is 20.3. The van der Waals surface area contributed by atoms with Gasteiger partial charge in [-0.15, -0.1) is 0 Å². The van der Waals surface area contributed by atoms with Crippen molar-refractivity contribution in [2.24, 2.45) is 0 Å². The second-order valence-electron chi connectivity index (χ2n) is 9.74. The monoisotopic (exact) mass is 572 g/mol. The van der Waals surface area contributed by atoms with Gasteiger partial charge in [0, 0.05) is 29.7 Å². The van der Waals surface area contributed by atoms with E-state index in [9.17, 15) is 29.0 Å². The molecule has 0 aliphatic carbocycles. The molecule has 10 nitrogen and oxygen atoms in total. The van der Waals surface area contributed by atoms with Gasteiger partial charge in [-0.2, -0.15) is 0 Å². The number of rotatable bonds is 9. The number of nitrogens with zero attached hydrogens (tertiary/aromatic N) is 2. The maximum Gasteiger partial charge on any atom is 0.335 e. The number of hydrogen-bond donors (Lipinski definition) is 4. The Kier molecular flexibility index (Phi) is 8.32. The number of halogens is 1. The van der Waals surface area contributed by atoms with Crippen LogP contribution in [0.15, 0.2) is 82.5 Å². The lowest BCUT2D eigenvalue weighted by atomic mass is 10.0. The number of ether oxygens (including phenoxy) is 1. The molecule has 0 radical (unpaired) electrons. The molecule has 11 heteroatoms. The Morgan fingerprint density at radius 3 is 2.52 bits per heavy atom. The van der Waals surface area contributed by atoms with Crippen LogP contribution < -0.4 is 21.9 Å². The zero-order valence-corrected chi connectivity index (χ0v) is 22.8. The highest BCUT2D eigenvalue weighted by molar-refractivity contribution is 6.04. The van der Waals surface area contributed by atoms with Gasteiger partial charge in [0.2, 0.25) is 0 Å². The van der Waals surface area contributed by atoms with Crippen LogP contribution in [0, 0.1) is 12.7 Å². The molecule has 216 valence electrons. The van der Waals surface area contributed by atoms with Crippen LogP contribution in [0.1, 0.15) is 32.6 Å². The Morgan fingerprint density at radius 2 is 1.81 bits per heavy atom. The third-order valence-corrected chi connectivity index (χ3v) is 6.87. The van der Waals surface area contributed by atoms with Gasteiger partial charge < -0.3 is 25.6 Å². The number of nitrogens with one attached hydrogen (secondary N) is 2. The molecule has 0 unspecified atom stereocenters. The summed E-state index contributed by atoms with van der Waals surface area (Å²) in [5.74, 6) is -0.568. The van der Waals surface area contributed by atoms with Crippen LogP contribution in [0.2, 0.25) is 0 Å². The number of anilines is 2. The standard InChI is InChI=1S/C31H29FN4O6/c1-19-14-21(18-42-28-10-11-33-27-15-20(17-38)2-8-24(27)28)3-9-26(19)34-29(39)25-16-35(12-13-37)31(41)36(30(25)40)23-6-4-22(32)5-7-23/h2-10,14-16,33,37-38H,11-13,17-18H2,1H3,(H,34,39). The zero-order valence-electron chi connectivity index (χ0n) is 22.8. The fourth-order valence-corrected chi connectivity index (χ4v) is 4.70. The van der Waals surface area contributed by atoms with E-state index in [-0.39, 0.29) is 31.0 Å². The van der Waals surface area contributed by atoms with E-state index in [1.807, 2.05) is 30.3 Å². The van der Waals surface area contributed by atoms with Crippen molar-refractivity contribution in [2.45, 2.75) is 26.7 Å². The van der Waals surface area contributed by atoms with Gasteiger partial charge in [-0.3, -0.25) is 14.2 Å². The molecular formula is C31H29FN4O6. The maximum atomic E-state index is 13.5. The lowest BCUT2D eigenvalue weighted by molar-refractivity contribution is 0.102. The van der Waals surface area contributed by atoms with Gasteiger partial charge in [-0.1, -0.05) is 18.2 Å². The Balaban J connectivity index is 1.35. The molecule has 1 aliphatic heterocycles. The molecule has 4 aromatic rings. The van der Waals surface area contributed by atoms with Gasteiger partial charge in [-0.25, -0.2) is 13.8 Å². The summed E-state index contributed by atoms with van der Waals surface area (Å²) in [5, 5.41) is 24.8. The fourth-order valence-electron chi connectivity index (χ4n) is 4.70. The predicted molar refractivity (Wildman–Crippen MR) is 156 cm³/mol. The summed E-state index contributed by atoms with van der Waals surface area (Å²) in [6, 6.07) is 15.7. The van der Waals surface area contributed by atoms with E-state index >= 15 is 0 Å². The second kappa shape index (κ2) is 12.2. The molecule has 0 fully saturated rings. The number of aryl methyl sites for hydroxylation is 1. The number of benzene rings is 3. The highest BCUT2D eigenvalue weighted by Gasteiger charge is 2.20. The van der Waals surface area contributed by atoms with Crippen LogP contribution in [-0.2, 0) is 24.5 Å². The Morgan fingerprint density at radius 1 is 1.05 bits per heavy atom. The van der Waals surface area contributed by atoms with Crippen LogP contribution in [0.4, 0.5) is 15.8 Å². The Bertz CT molecular complexity index is 1790. The molecular weight excluding hydrogens is 543 g/mol. The molecule has 5 rings (SSSR count). The minimum atomic E-state index is -0.873. The maximum absolute atomic E-state index is 13.5. The lowest BCUT2D eigenvalue weighted by Gasteiger charge is -2.21. The largest absolute Gasteiger partial charge is 0.488 e. The number of aromatic nitrogens is 2. The highest BCUT2D eigenvalue weighted by atomic mass is 19.1. The van der Waals surface area contributed by atoms with Gasteiger partial charge in [0.1, 0.15) is 23.7 Å². The van der Waals surface area contributed by atoms with Crippen LogP contribution in [0.25, 0.3) is 11.4 Å². The van der Waals surface area contributed by atoms with Crippen molar-refractivity contribution in [3.63, 3.8) is 0 Å². The van der Waals surface area contributed by atoms with Gasteiger partial charge >= 0.3 is 5.69 Å². The molecule has 0 saturated carbocycles. The minimum Gasteiger partial charge on any atom is -0.488 e. The van der Waals surface area contributed by atoms with Crippen molar-refractivity contribution in [1.29, 1.82) is 0 Å².